The van der Waals surface area contributed by atoms with Gasteiger partial charge < -0.3 is 0 Å². The molecule has 0 saturated heterocycles. The topological polar surface area (TPSA) is 34.1 Å². The van der Waals surface area contributed by atoms with Gasteiger partial charge in [-0.15, -0.1) is 11.6 Å². The minimum absolute atomic E-state index is 0.150. The van der Waals surface area contributed by atoms with Crippen LogP contribution < -0.4 is 0 Å². The molecule has 0 fully saturated rings. The average Bonchev–Trinajstić information content (AvgIpc) is 2.04. The maximum Gasteiger partial charge on any atom is 0.261 e. The minimum atomic E-state index is -3.64. The quantitative estimate of drug-likeness (QED) is 0.599. The normalized spacial score (nSPS) is 11.5. The lowest BCUT2D eigenvalue weighted by Crippen LogP contribution is -1.98. The summed E-state index contributed by atoms with van der Waals surface area (Å²) < 4.78 is 22.1. The van der Waals surface area contributed by atoms with E-state index in [1.54, 1.807) is 18.2 Å². The first kappa shape index (κ1) is 10.8. The van der Waals surface area contributed by atoms with E-state index in [0.29, 0.717) is 17.9 Å². The molecule has 0 aliphatic carbocycles. The summed E-state index contributed by atoms with van der Waals surface area (Å²) in [6, 6.07) is 6.57. The van der Waals surface area contributed by atoms with Gasteiger partial charge in [-0.25, -0.2) is 8.42 Å². The Labute approximate surface area is 86.9 Å². The molecule has 0 saturated carbocycles. The highest BCUT2D eigenvalue weighted by atomic mass is 35.7. The van der Waals surface area contributed by atoms with Gasteiger partial charge in [0.05, 0.1) is 4.90 Å². The van der Waals surface area contributed by atoms with Crippen molar-refractivity contribution in [2.45, 2.75) is 11.3 Å². The number of aryl methyl sites for hydroxylation is 1. The third-order valence-electron chi connectivity index (χ3n) is 1.60. The molecule has 5 heteroatoms. The molecule has 1 rings (SSSR count). The van der Waals surface area contributed by atoms with Crippen LogP contribution in [-0.4, -0.2) is 14.3 Å². The summed E-state index contributed by atoms with van der Waals surface area (Å²) in [6.07, 6.45) is 0.504. The lowest BCUT2D eigenvalue weighted by Gasteiger charge is -2.03. The molecule has 0 aliphatic heterocycles. The largest absolute Gasteiger partial charge is 0.261 e. The molecule has 0 aliphatic rings. The fourth-order valence-corrected chi connectivity index (χ4v) is 2.43. The van der Waals surface area contributed by atoms with Crippen molar-refractivity contribution < 1.29 is 8.42 Å². The summed E-state index contributed by atoms with van der Waals surface area (Å²) in [5.74, 6) is 0.378. The molecule has 1 aromatic rings. The highest BCUT2D eigenvalue weighted by Gasteiger charge is 2.13. The van der Waals surface area contributed by atoms with Crippen LogP contribution in [0.25, 0.3) is 0 Å². The van der Waals surface area contributed by atoms with Gasteiger partial charge in [-0.1, -0.05) is 18.2 Å². The van der Waals surface area contributed by atoms with Crippen LogP contribution in [0.4, 0.5) is 0 Å². The summed E-state index contributed by atoms with van der Waals surface area (Å²) in [5.41, 5.74) is 0.660. The van der Waals surface area contributed by atoms with Crippen molar-refractivity contribution in [3.05, 3.63) is 29.8 Å². The highest BCUT2D eigenvalue weighted by molar-refractivity contribution is 8.13. The third-order valence-corrected chi connectivity index (χ3v) is 3.21. The van der Waals surface area contributed by atoms with Gasteiger partial charge in [0.1, 0.15) is 0 Å². The van der Waals surface area contributed by atoms with Gasteiger partial charge in [-0.3, -0.25) is 0 Å². The van der Waals surface area contributed by atoms with Gasteiger partial charge >= 0.3 is 0 Å². The molecule has 13 heavy (non-hydrogen) atoms. The smallest absolute Gasteiger partial charge is 0.207 e. The fourth-order valence-electron chi connectivity index (χ4n) is 1.05. The fraction of sp³-hybridized carbons (Fsp3) is 0.250. The number of hydrogen-bond donors (Lipinski definition) is 0. The van der Waals surface area contributed by atoms with E-state index in [4.69, 9.17) is 22.3 Å². The summed E-state index contributed by atoms with van der Waals surface area (Å²) >= 11 is 5.52. The molecule has 72 valence electrons. The van der Waals surface area contributed by atoms with Gasteiger partial charge in [0.2, 0.25) is 0 Å². The molecule has 0 heterocycles. The second-order valence-electron chi connectivity index (χ2n) is 2.48. The van der Waals surface area contributed by atoms with Crippen molar-refractivity contribution in [3.63, 3.8) is 0 Å². The zero-order valence-corrected chi connectivity index (χ0v) is 9.03. The van der Waals surface area contributed by atoms with E-state index in [1.807, 2.05) is 0 Å². The van der Waals surface area contributed by atoms with Crippen molar-refractivity contribution >= 4 is 31.3 Å². The monoisotopic (exact) mass is 238 g/mol. The maximum absolute atomic E-state index is 11.1. The standard InChI is InChI=1S/C8H8Cl2O2S/c9-6-5-7-3-1-2-4-8(7)13(10,11)12/h1-4H,5-6H2. The molecule has 2 nitrogen and oxygen atoms in total. The van der Waals surface area contributed by atoms with Crippen molar-refractivity contribution in [3.8, 4) is 0 Å². The Balaban J connectivity index is 3.20. The Hall–Kier alpha value is -0.250. The van der Waals surface area contributed by atoms with Gasteiger partial charge in [0, 0.05) is 16.6 Å². The van der Waals surface area contributed by atoms with E-state index in [1.165, 1.54) is 6.07 Å². The first-order valence-corrected chi connectivity index (χ1v) is 6.48. The Morgan fingerprint density at radius 3 is 2.38 bits per heavy atom. The molecular weight excluding hydrogens is 231 g/mol. The van der Waals surface area contributed by atoms with Gasteiger partial charge in [-0.05, 0) is 18.1 Å². The molecule has 0 atom stereocenters. The molecule has 0 bridgehead atoms. The molecule has 0 amide bonds. The van der Waals surface area contributed by atoms with Crippen molar-refractivity contribution in [2.24, 2.45) is 0 Å². The molecular formula is C8H8Cl2O2S. The first-order valence-electron chi connectivity index (χ1n) is 3.64. The Kier molecular flexibility index (Phi) is 3.59. The Morgan fingerprint density at radius 1 is 1.23 bits per heavy atom. The van der Waals surface area contributed by atoms with Crippen LogP contribution >= 0.6 is 22.3 Å². The summed E-state index contributed by atoms with van der Waals surface area (Å²) in [5, 5.41) is 0. The second-order valence-corrected chi connectivity index (χ2v) is 5.40. The average molecular weight is 239 g/mol. The van der Waals surface area contributed by atoms with Crippen LogP contribution in [0.5, 0.6) is 0 Å². The van der Waals surface area contributed by atoms with Gasteiger partial charge in [0.15, 0.2) is 0 Å². The SMILES string of the molecule is O=S(=O)(Cl)c1ccccc1CCCl. The van der Waals surface area contributed by atoms with Crippen LogP contribution in [0.1, 0.15) is 5.56 Å². The van der Waals surface area contributed by atoms with Crippen LogP contribution in [0, 0.1) is 0 Å². The Morgan fingerprint density at radius 2 is 1.85 bits per heavy atom. The predicted molar refractivity (Wildman–Crippen MR) is 53.9 cm³/mol. The Bertz CT molecular complexity index is 387. The second kappa shape index (κ2) is 4.31. The van der Waals surface area contributed by atoms with E-state index in [2.05, 4.69) is 0 Å². The molecule has 0 spiro atoms. The maximum atomic E-state index is 11.1. The van der Waals surface area contributed by atoms with Gasteiger partial charge in [-0.2, -0.15) is 0 Å². The van der Waals surface area contributed by atoms with Crippen LogP contribution in [0.3, 0.4) is 0 Å². The number of hydrogen-bond acceptors (Lipinski definition) is 2. The summed E-state index contributed by atoms with van der Waals surface area (Å²) in [7, 11) is 1.59. The number of alkyl halides is 1. The van der Waals surface area contributed by atoms with E-state index in [9.17, 15) is 8.42 Å². The predicted octanol–water partition coefficient (Wildman–Crippen LogP) is 2.40. The highest BCUT2D eigenvalue weighted by Crippen LogP contribution is 2.20. The van der Waals surface area contributed by atoms with E-state index < -0.39 is 9.05 Å². The number of rotatable bonds is 3. The van der Waals surface area contributed by atoms with Crippen LogP contribution in [0.15, 0.2) is 29.2 Å². The zero-order chi connectivity index (χ0) is 9.90. The molecule has 1 aromatic carbocycles. The van der Waals surface area contributed by atoms with Crippen molar-refractivity contribution in [1.82, 2.24) is 0 Å². The lowest BCUT2D eigenvalue weighted by atomic mass is 10.2. The van der Waals surface area contributed by atoms with E-state index >= 15 is 0 Å². The summed E-state index contributed by atoms with van der Waals surface area (Å²) in [6.45, 7) is 0. The lowest BCUT2D eigenvalue weighted by molar-refractivity contribution is 0.608. The minimum Gasteiger partial charge on any atom is -0.207 e. The molecule has 0 radical (unpaired) electrons. The van der Waals surface area contributed by atoms with E-state index in [-0.39, 0.29) is 4.90 Å². The van der Waals surface area contributed by atoms with Crippen molar-refractivity contribution in [1.29, 1.82) is 0 Å². The van der Waals surface area contributed by atoms with Gasteiger partial charge in [0.25, 0.3) is 9.05 Å². The van der Waals surface area contributed by atoms with Crippen molar-refractivity contribution in [2.75, 3.05) is 5.88 Å². The van der Waals surface area contributed by atoms with E-state index in [0.717, 1.165) is 0 Å². The molecule has 0 N–H and O–H groups in total. The third kappa shape index (κ3) is 2.86. The zero-order valence-electron chi connectivity index (χ0n) is 6.70. The molecule has 0 aromatic heterocycles. The van der Waals surface area contributed by atoms with Crippen LogP contribution in [0.2, 0.25) is 0 Å². The molecule has 0 unspecified atom stereocenters. The van der Waals surface area contributed by atoms with Crippen LogP contribution in [-0.2, 0) is 15.5 Å². The number of benzene rings is 1. The number of halogens is 2. The first-order chi connectivity index (χ1) is 6.05. The summed E-state index contributed by atoms with van der Waals surface area (Å²) in [4.78, 5) is 0.150.